The fourth-order valence-corrected chi connectivity index (χ4v) is 3.91. The number of rotatable bonds is 4. The normalized spacial score (nSPS) is 11.4. The number of ether oxygens (including phenoxy) is 1. The number of fused-ring (bicyclic) bond motifs is 1. The van der Waals surface area contributed by atoms with E-state index in [0.29, 0.717) is 33.9 Å². The molecule has 0 fully saturated rings. The predicted octanol–water partition coefficient (Wildman–Crippen LogP) is 3.77. The van der Waals surface area contributed by atoms with Gasteiger partial charge in [-0.1, -0.05) is 0 Å². The SMILES string of the molecule is COc1cc2nc(/C(C#N)=C/c3cnn(-c4sc(C)cc4C#N)c3C)[nH]c2cn1. The average molecular weight is 401 g/mol. The van der Waals surface area contributed by atoms with Gasteiger partial charge in [0.15, 0.2) is 0 Å². The summed E-state index contributed by atoms with van der Waals surface area (Å²) in [5, 5.41) is 24.2. The standard InChI is InChI=1S/C20H15N7OS/c1-11-4-14(8-22)20(29-11)27-12(2)15(9-24-27)5-13(7-21)19-25-16-6-18(28-3)23-10-17(16)26-19/h4-6,9-10H,1-3H3,(H,25,26)/b13-5+. The number of H-pyrrole nitrogens is 1. The van der Waals surface area contributed by atoms with Gasteiger partial charge in [-0.05, 0) is 26.0 Å². The van der Waals surface area contributed by atoms with Gasteiger partial charge in [-0.3, -0.25) is 0 Å². The zero-order valence-electron chi connectivity index (χ0n) is 15.9. The molecule has 4 rings (SSSR count). The molecule has 0 aromatic carbocycles. The second-order valence-corrected chi connectivity index (χ2v) is 7.52. The van der Waals surface area contributed by atoms with E-state index in [0.717, 1.165) is 21.1 Å². The van der Waals surface area contributed by atoms with E-state index in [-0.39, 0.29) is 0 Å². The lowest BCUT2D eigenvalue weighted by Crippen LogP contribution is -1.98. The summed E-state index contributed by atoms with van der Waals surface area (Å²) in [6, 6.07) is 7.94. The van der Waals surface area contributed by atoms with Gasteiger partial charge in [0.1, 0.15) is 23.0 Å². The third-order valence-electron chi connectivity index (χ3n) is 4.42. The molecule has 0 saturated carbocycles. The first-order chi connectivity index (χ1) is 14.0. The molecule has 0 aliphatic carbocycles. The molecule has 4 aromatic rings. The Morgan fingerprint density at radius 3 is 2.83 bits per heavy atom. The highest BCUT2D eigenvalue weighted by Gasteiger charge is 2.15. The molecule has 0 bridgehead atoms. The lowest BCUT2D eigenvalue weighted by atomic mass is 10.1. The Morgan fingerprint density at radius 2 is 2.10 bits per heavy atom. The highest BCUT2D eigenvalue weighted by Crippen LogP contribution is 2.28. The predicted molar refractivity (Wildman–Crippen MR) is 110 cm³/mol. The summed E-state index contributed by atoms with van der Waals surface area (Å²) in [6.07, 6.45) is 5.02. The van der Waals surface area contributed by atoms with Gasteiger partial charge in [0.2, 0.25) is 5.88 Å². The lowest BCUT2D eigenvalue weighted by molar-refractivity contribution is 0.398. The fraction of sp³-hybridized carbons (Fsp3) is 0.150. The van der Waals surface area contributed by atoms with Crippen LogP contribution in [0, 0.1) is 36.5 Å². The quantitative estimate of drug-likeness (QED) is 0.520. The highest BCUT2D eigenvalue weighted by molar-refractivity contribution is 7.14. The number of aromatic nitrogens is 5. The number of pyridine rings is 1. The highest BCUT2D eigenvalue weighted by atomic mass is 32.1. The summed E-state index contributed by atoms with van der Waals surface area (Å²) < 4.78 is 6.84. The van der Waals surface area contributed by atoms with Gasteiger partial charge in [0, 0.05) is 22.2 Å². The van der Waals surface area contributed by atoms with Crippen LogP contribution in [0.1, 0.15) is 27.5 Å². The van der Waals surface area contributed by atoms with Crippen molar-refractivity contribution in [1.29, 1.82) is 10.5 Å². The van der Waals surface area contributed by atoms with Crippen LogP contribution >= 0.6 is 11.3 Å². The van der Waals surface area contributed by atoms with E-state index in [1.165, 1.54) is 18.4 Å². The molecule has 142 valence electrons. The minimum Gasteiger partial charge on any atom is -0.481 e. The van der Waals surface area contributed by atoms with Crippen LogP contribution in [0.3, 0.4) is 0 Å². The number of hydrogen-bond donors (Lipinski definition) is 1. The molecule has 4 aromatic heterocycles. The van der Waals surface area contributed by atoms with Crippen LogP contribution < -0.4 is 4.74 Å². The van der Waals surface area contributed by atoms with Crippen molar-refractivity contribution < 1.29 is 4.74 Å². The van der Waals surface area contributed by atoms with Crippen LogP contribution in [-0.4, -0.2) is 31.8 Å². The Balaban J connectivity index is 1.76. The third kappa shape index (κ3) is 3.24. The maximum atomic E-state index is 9.68. The summed E-state index contributed by atoms with van der Waals surface area (Å²) >= 11 is 1.50. The van der Waals surface area contributed by atoms with Gasteiger partial charge in [0.05, 0.1) is 41.7 Å². The number of nitrogens with zero attached hydrogens (tertiary/aromatic N) is 6. The van der Waals surface area contributed by atoms with Crippen LogP contribution in [0.2, 0.25) is 0 Å². The number of nitriles is 2. The molecular weight excluding hydrogens is 386 g/mol. The van der Waals surface area contributed by atoms with Crippen LogP contribution in [-0.2, 0) is 0 Å². The molecule has 0 atom stereocenters. The molecule has 29 heavy (non-hydrogen) atoms. The first-order valence-corrected chi connectivity index (χ1v) is 9.43. The van der Waals surface area contributed by atoms with Crippen molar-refractivity contribution in [2.45, 2.75) is 13.8 Å². The van der Waals surface area contributed by atoms with Gasteiger partial charge >= 0.3 is 0 Å². The van der Waals surface area contributed by atoms with Crippen molar-refractivity contribution in [2.75, 3.05) is 7.11 Å². The average Bonchev–Trinajstić information content (AvgIpc) is 3.41. The number of methoxy groups -OCH3 is 1. The largest absolute Gasteiger partial charge is 0.481 e. The van der Waals surface area contributed by atoms with Crippen LogP contribution in [0.4, 0.5) is 0 Å². The molecule has 0 aliphatic rings. The van der Waals surface area contributed by atoms with E-state index in [1.807, 2.05) is 19.9 Å². The minimum absolute atomic E-state index is 0.366. The Hall–Kier alpha value is -3.95. The van der Waals surface area contributed by atoms with Gasteiger partial charge in [-0.25, -0.2) is 14.6 Å². The molecule has 1 N–H and O–H groups in total. The number of hydrogen-bond acceptors (Lipinski definition) is 7. The Bertz CT molecular complexity index is 1340. The van der Waals surface area contributed by atoms with Crippen molar-refractivity contribution in [3.05, 3.63) is 52.0 Å². The topological polar surface area (TPSA) is 116 Å². The third-order valence-corrected chi connectivity index (χ3v) is 5.45. The molecule has 0 unspecified atom stereocenters. The number of thiophene rings is 1. The molecule has 0 amide bonds. The van der Waals surface area contributed by atoms with Crippen LogP contribution in [0.5, 0.6) is 5.88 Å². The van der Waals surface area contributed by atoms with Gasteiger partial charge in [0.25, 0.3) is 0 Å². The summed E-state index contributed by atoms with van der Waals surface area (Å²) in [5.41, 5.74) is 3.91. The Labute approximate surface area is 170 Å². The smallest absolute Gasteiger partial charge is 0.215 e. The molecule has 0 saturated heterocycles. The van der Waals surface area contributed by atoms with E-state index < -0.39 is 0 Å². The molecule has 0 spiro atoms. The first kappa shape index (κ1) is 18.4. The molecular formula is C20H15N7OS. The summed E-state index contributed by atoms with van der Waals surface area (Å²) in [4.78, 5) is 12.8. The number of aromatic amines is 1. The van der Waals surface area contributed by atoms with Crippen molar-refractivity contribution in [1.82, 2.24) is 24.7 Å². The summed E-state index contributed by atoms with van der Waals surface area (Å²) in [7, 11) is 1.54. The number of aryl methyl sites for hydroxylation is 1. The Morgan fingerprint density at radius 1 is 1.28 bits per heavy atom. The maximum Gasteiger partial charge on any atom is 0.215 e. The molecule has 9 heteroatoms. The summed E-state index contributed by atoms with van der Waals surface area (Å²) in [6.45, 7) is 3.85. The molecule has 0 aliphatic heterocycles. The van der Waals surface area contributed by atoms with Crippen LogP contribution in [0.25, 0.3) is 27.7 Å². The zero-order chi connectivity index (χ0) is 20.5. The van der Waals surface area contributed by atoms with Crippen LogP contribution in [0.15, 0.2) is 24.5 Å². The fourth-order valence-electron chi connectivity index (χ4n) is 2.95. The lowest BCUT2D eigenvalue weighted by Gasteiger charge is -2.02. The van der Waals surface area contributed by atoms with Crippen molar-refractivity contribution >= 4 is 34.0 Å². The zero-order valence-corrected chi connectivity index (χ0v) is 16.7. The summed E-state index contributed by atoms with van der Waals surface area (Å²) in [5.74, 6) is 0.893. The van der Waals surface area contributed by atoms with Gasteiger partial charge in [-0.15, -0.1) is 11.3 Å². The van der Waals surface area contributed by atoms with E-state index in [1.54, 1.807) is 29.2 Å². The number of nitrogens with one attached hydrogen (secondary N) is 1. The Kier molecular flexibility index (Phi) is 4.59. The second-order valence-electron chi connectivity index (χ2n) is 6.28. The van der Waals surface area contributed by atoms with E-state index >= 15 is 0 Å². The van der Waals surface area contributed by atoms with E-state index in [9.17, 15) is 10.5 Å². The molecule has 4 heterocycles. The monoisotopic (exact) mass is 401 g/mol. The number of imidazole rings is 1. The number of allylic oxidation sites excluding steroid dienone is 1. The maximum absolute atomic E-state index is 9.68. The molecule has 0 radical (unpaired) electrons. The van der Waals surface area contributed by atoms with E-state index in [2.05, 4.69) is 32.2 Å². The van der Waals surface area contributed by atoms with Gasteiger partial charge in [-0.2, -0.15) is 15.6 Å². The van der Waals surface area contributed by atoms with Crippen molar-refractivity contribution in [3.63, 3.8) is 0 Å². The molecule has 8 nitrogen and oxygen atoms in total. The van der Waals surface area contributed by atoms with Crippen molar-refractivity contribution in [2.24, 2.45) is 0 Å². The minimum atomic E-state index is 0.366. The van der Waals surface area contributed by atoms with Gasteiger partial charge < -0.3 is 9.72 Å². The van der Waals surface area contributed by atoms with Crippen molar-refractivity contribution in [3.8, 4) is 23.0 Å². The van der Waals surface area contributed by atoms with E-state index in [4.69, 9.17) is 4.74 Å². The second kappa shape index (κ2) is 7.23. The first-order valence-electron chi connectivity index (χ1n) is 8.61.